The van der Waals surface area contributed by atoms with Crippen molar-refractivity contribution in [1.29, 1.82) is 0 Å². The first-order valence-corrected chi connectivity index (χ1v) is 5.92. The molecule has 90 valence electrons. The molecule has 1 fully saturated rings. The molecule has 5 nitrogen and oxygen atoms in total. The summed E-state index contributed by atoms with van der Waals surface area (Å²) in [6.45, 7) is 5.98. The van der Waals surface area contributed by atoms with Crippen LogP contribution in [0.25, 0.3) is 0 Å². The molecule has 0 unspecified atom stereocenters. The van der Waals surface area contributed by atoms with Gasteiger partial charge in [0.15, 0.2) is 0 Å². The third-order valence-electron chi connectivity index (χ3n) is 3.12. The van der Waals surface area contributed by atoms with E-state index in [1.807, 2.05) is 6.92 Å². The number of hydrogen-bond acceptors (Lipinski definition) is 5. The number of aromatic nitrogens is 2. The minimum atomic E-state index is 0.635. The molecular formula is C11H20N4O. The summed E-state index contributed by atoms with van der Waals surface area (Å²) in [5.41, 5.74) is 0. The standard InChI is InChI=1S/C11H20N4O/c1-9-13-14-11(16-9)8-12-7-10-3-5-15(2)6-4-10/h10,12H,3-8H2,1-2H3. The molecule has 0 radical (unpaired) electrons. The van der Waals surface area contributed by atoms with Crippen LogP contribution in [0.3, 0.4) is 0 Å². The van der Waals surface area contributed by atoms with Gasteiger partial charge in [0.2, 0.25) is 11.8 Å². The van der Waals surface area contributed by atoms with E-state index in [-0.39, 0.29) is 0 Å². The fraction of sp³-hybridized carbons (Fsp3) is 0.818. The van der Waals surface area contributed by atoms with Crippen LogP contribution in [0.4, 0.5) is 0 Å². The maximum atomic E-state index is 5.30. The summed E-state index contributed by atoms with van der Waals surface area (Å²) in [6, 6.07) is 0. The zero-order valence-electron chi connectivity index (χ0n) is 10.1. The first-order chi connectivity index (χ1) is 7.74. The molecule has 0 saturated carbocycles. The van der Waals surface area contributed by atoms with Crippen molar-refractivity contribution in [3.63, 3.8) is 0 Å². The maximum absolute atomic E-state index is 5.30. The van der Waals surface area contributed by atoms with E-state index >= 15 is 0 Å². The van der Waals surface area contributed by atoms with Crippen LogP contribution in [0.15, 0.2) is 4.42 Å². The molecule has 0 spiro atoms. The van der Waals surface area contributed by atoms with E-state index in [0.29, 0.717) is 18.3 Å². The zero-order chi connectivity index (χ0) is 11.4. The van der Waals surface area contributed by atoms with Crippen LogP contribution < -0.4 is 5.32 Å². The average Bonchev–Trinajstić information content (AvgIpc) is 2.67. The first kappa shape index (κ1) is 11.5. The second-order valence-electron chi connectivity index (χ2n) is 4.59. The molecule has 1 aliphatic rings. The van der Waals surface area contributed by atoms with Crippen molar-refractivity contribution in [3.8, 4) is 0 Å². The lowest BCUT2D eigenvalue weighted by molar-refractivity contribution is 0.215. The number of piperidine rings is 1. The van der Waals surface area contributed by atoms with E-state index < -0.39 is 0 Å². The molecule has 0 amide bonds. The van der Waals surface area contributed by atoms with Crippen LogP contribution in [0, 0.1) is 12.8 Å². The van der Waals surface area contributed by atoms with Crippen molar-refractivity contribution in [1.82, 2.24) is 20.4 Å². The van der Waals surface area contributed by atoms with Crippen LogP contribution in [-0.4, -0.2) is 41.8 Å². The molecule has 0 atom stereocenters. The highest BCUT2D eigenvalue weighted by Crippen LogP contribution is 2.14. The predicted octanol–water partition coefficient (Wildman–Crippen LogP) is 0.809. The summed E-state index contributed by atoms with van der Waals surface area (Å²) in [5.74, 6) is 2.11. The normalized spacial score (nSPS) is 19.1. The molecule has 5 heteroatoms. The van der Waals surface area contributed by atoms with Gasteiger partial charge in [-0.3, -0.25) is 0 Å². The first-order valence-electron chi connectivity index (χ1n) is 5.92. The van der Waals surface area contributed by atoms with Crippen molar-refractivity contribution in [2.75, 3.05) is 26.7 Å². The van der Waals surface area contributed by atoms with Crippen molar-refractivity contribution in [2.45, 2.75) is 26.3 Å². The molecule has 2 heterocycles. The van der Waals surface area contributed by atoms with E-state index in [1.54, 1.807) is 0 Å². The van der Waals surface area contributed by atoms with Crippen molar-refractivity contribution in [3.05, 3.63) is 11.8 Å². The molecule has 1 aliphatic heterocycles. The summed E-state index contributed by atoms with van der Waals surface area (Å²) < 4.78 is 5.30. The Labute approximate surface area is 96.2 Å². The predicted molar refractivity (Wildman–Crippen MR) is 61.0 cm³/mol. The smallest absolute Gasteiger partial charge is 0.230 e. The molecule has 1 saturated heterocycles. The van der Waals surface area contributed by atoms with Crippen molar-refractivity contribution < 1.29 is 4.42 Å². The van der Waals surface area contributed by atoms with Crippen LogP contribution in [0.1, 0.15) is 24.6 Å². The highest BCUT2D eigenvalue weighted by Gasteiger charge is 2.16. The van der Waals surface area contributed by atoms with E-state index in [9.17, 15) is 0 Å². The minimum Gasteiger partial charge on any atom is -0.424 e. The average molecular weight is 224 g/mol. The Morgan fingerprint density at radius 1 is 1.38 bits per heavy atom. The Morgan fingerprint density at radius 3 is 2.75 bits per heavy atom. The molecule has 0 aromatic carbocycles. The van der Waals surface area contributed by atoms with Gasteiger partial charge in [-0.15, -0.1) is 10.2 Å². The molecule has 1 aromatic heterocycles. The fourth-order valence-corrected chi connectivity index (χ4v) is 2.06. The van der Waals surface area contributed by atoms with E-state index in [2.05, 4.69) is 27.5 Å². The monoisotopic (exact) mass is 224 g/mol. The summed E-state index contributed by atoms with van der Waals surface area (Å²) >= 11 is 0. The lowest BCUT2D eigenvalue weighted by atomic mass is 9.97. The molecule has 16 heavy (non-hydrogen) atoms. The fourth-order valence-electron chi connectivity index (χ4n) is 2.06. The van der Waals surface area contributed by atoms with Crippen LogP contribution >= 0.6 is 0 Å². The largest absolute Gasteiger partial charge is 0.424 e. The Morgan fingerprint density at radius 2 is 2.12 bits per heavy atom. The number of likely N-dealkylation sites (tertiary alicyclic amines) is 1. The van der Waals surface area contributed by atoms with Gasteiger partial charge in [-0.2, -0.15) is 0 Å². The van der Waals surface area contributed by atoms with Gasteiger partial charge >= 0.3 is 0 Å². The lowest BCUT2D eigenvalue weighted by Gasteiger charge is -2.28. The summed E-state index contributed by atoms with van der Waals surface area (Å²) in [5, 5.41) is 11.1. The van der Waals surface area contributed by atoms with Gasteiger partial charge in [0.05, 0.1) is 6.54 Å². The number of nitrogens with zero attached hydrogens (tertiary/aromatic N) is 3. The molecule has 1 N–H and O–H groups in total. The topological polar surface area (TPSA) is 54.2 Å². The summed E-state index contributed by atoms with van der Waals surface area (Å²) in [6.07, 6.45) is 2.57. The van der Waals surface area contributed by atoms with Gasteiger partial charge in [-0.25, -0.2) is 0 Å². The Bertz CT molecular complexity index is 318. The SMILES string of the molecule is Cc1nnc(CNCC2CCN(C)CC2)o1. The quantitative estimate of drug-likeness (QED) is 0.820. The van der Waals surface area contributed by atoms with Crippen LogP contribution in [0.2, 0.25) is 0 Å². The highest BCUT2D eigenvalue weighted by atomic mass is 16.4. The van der Waals surface area contributed by atoms with Crippen molar-refractivity contribution >= 4 is 0 Å². The molecule has 0 aliphatic carbocycles. The molecule has 1 aromatic rings. The van der Waals surface area contributed by atoms with Crippen LogP contribution in [-0.2, 0) is 6.54 Å². The second kappa shape index (κ2) is 5.41. The number of rotatable bonds is 4. The summed E-state index contributed by atoms with van der Waals surface area (Å²) in [7, 11) is 2.19. The lowest BCUT2D eigenvalue weighted by Crippen LogP contribution is -2.34. The molecule has 2 rings (SSSR count). The van der Waals surface area contributed by atoms with Gasteiger partial charge in [0.25, 0.3) is 0 Å². The number of hydrogen-bond donors (Lipinski definition) is 1. The Hall–Kier alpha value is -0.940. The zero-order valence-corrected chi connectivity index (χ0v) is 10.1. The molecular weight excluding hydrogens is 204 g/mol. The van der Waals surface area contributed by atoms with Gasteiger partial charge in [0, 0.05) is 6.92 Å². The van der Waals surface area contributed by atoms with Crippen molar-refractivity contribution in [2.24, 2.45) is 5.92 Å². The van der Waals surface area contributed by atoms with Crippen LogP contribution in [0.5, 0.6) is 0 Å². The second-order valence-corrected chi connectivity index (χ2v) is 4.59. The van der Waals surface area contributed by atoms with Gasteiger partial charge < -0.3 is 14.6 Å². The van der Waals surface area contributed by atoms with E-state index in [1.165, 1.54) is 25.9 Å². The Kier molecular flexibility index (Phi) is 3.90. The third kappa shape index (κ3) is 3.28. The highest BCUT2D eigenvalue weighted by molar-refractivity contribution is 4.79. The van der Waals surface area contributed by atoms with Gasteiger partial charge in [-0.05, 0) is 45.4 Å². The number of aryl methyl sites for hydroxylation is 1. The van der Waals surface area contributed by atoms with E-state index in [0.717, 1.165) is 12.5 Å². The minimum absolute atomic E-state index is 0.635. The Balaban J connectivity index is 1.64. The van der Waals surface area contributed by atoms with E-state index in [4.69, 9.17) is 4.42 Å². The maximum Gasteiger partial charge on any atom is 0.230 e. The summed E-state index contributed by atoms with van der Waals surface area (Å²) in [4.78, 5) is 2.39. The molecule has 0 bridgehead atoms. The number of nitrogens with one attached hydrogen (secondary N) is 1. The van der Waals surface area contributed by atoms with Gasteiger partial charge in [-0.1, -0.05) is 0 Å². The van der Waals surface area contributed by atoms with Gasteiger partial charge in [0.1, 0.15) is 0 Å². The third-order valence-corrected chi connectivity index (χ3v) is 3.12.